The van der Waals surface area contributed by atoms with Crippen LogP contribution in [0.5, 0.6) is 5.75 Å². The van der Waals surface area contributed by atoms with Crippen molar-refractivity contribution in [2.75, 3.05) is 12.4 Å². The molecule has 1 N–H and O–H groups in total. The molecule has 21 heavy (non-hydrogen) atoms. The summed E-state index contributed by atoms with van der Waals surface area (Å²) in [6, 6.07) is 8.28. The van der Waals surface area contributed by atoms with Crippen molar-refractivity contribution in [2.45, 2.75) is 39.7 Å². The zero-order valence-electron chi connectivity index (χ0n) is 13.2. The summed E-state index contributed by atoms with van der Waals surface area (Å²) in [7, 11) is 1.66. The third kappa shape index (κ3) is 3.92. The number of nitrogens with one attached hydrogen (secondary N) is 1. The fourth-order valence-electron chi connectivity index (χ4n) is 2.03. The van der Waals surface area contributed by atoms with E-state index >= 15 is 0 Å². The van der Waals surface area contributed by atoms with Crippen LogP contribution in [-0.2, 0) is 12.0 Å². The van der Waals surface area contributed by atoms with Gasteiger partial charge < -0.3 is 10.1 Å². The molecule has 0 aliphatic rings. The second-order valence-electron chi connectivity index (χ2n) is 6.17. The minimum Gasteiger partial charge on any atom is -0.495 e. The van der Waals surface area contributed by atoms with Gasteiger partial charge in [0.1, 0.15) is 5.75 Å². The molecular weight excluding hydrogens is 302 g/mol. The Morgan fingerprint density at radius 3 is 2.52 bits per heavy atom. The van der Waals surface area contributed by atoms with E-state index in [1.165, 1.54) is 9.75 Å². The molecule has 0 fully saturated rings. The number of hydrogen-bond donors (Lipinski definition) is 1. The van der Waals surface area contributed by atoms with Crippen molar-refractivity contribution in [3.05, 3.63) is 44.6 Å². The number of halogens is 1. The molecule has 1 aromatic carbocycles. The van der Waals surface area contributed by atoms with Crippen LogP contribution in [-0.4, -0.2) is 7.11 Å². The number of ether oxygens (including phenoxy) is 1. The Hall–Kier alpha value is -1.19. The van der Waals surface area contributed by atoms with Gasteiger partial charge in [0.2, 0.25) is 0 Å². The molecule has 2 nitrogen and oxygen atoms in total. The SMILES string of the molecule is COc1cc(Cl)c(C)cc1NCc1ccc(C(C)(C)C)s1. The van der Waals surface area contributed by atoms with Crippen molar-refractivity contribution in [2.24, 2.45) is 0 Å². The van der Waals surface area contributed by atoms with Crippen LogP contribution >= 0.6 is 22.9 Å². The largest absolute Gasteiger partial charge is 0.495 e. The predicted molar refractivity (Wildman–Crippen MR) is 93.1 cm³/mol. The van der Waals surface area contributed by atoms with Crippen LogP contribution in [0.2, 0.25) is 5.02 Å². The number of anilines is 1. The second-order valence-corrected chi connectivity index (χ2v) is 7.75. The molecule has 1 aromatic heterocycles. The highest BCUT2D eigenvalue weighted by atomic mass is 35.5. The van der Waals surface area contributed by atoms with Crippen LogP contribution in [0, 0.1) is 6.92 Å². The van der Waals surface area contributed by atoms with Gasteiger partial charge in [0.15, 0.2) is 0 Å². The van der Waals surface area contributed by atoms with Crippen molar-refractivity contribution in [3.8, 4) is 5.75 Å². The summed E-state index contributed by atoms with van der Waals surface area (Å²) in [5, 5.41) is 4.17. The Bertz CT molecular complexity index is 628. The third-order valence-corrected chi connectivity index (χ3v) is 5.25. The smallest absolute Gasteiger partial charge is 0.143 e. The molecule has 4 heteroatoms. The van der Waals surface area contributed by atoms with E-state index in [2.05, 4.69) is 38.2 Å². The first-order valence-electron chi connectivity index (χ1n) is 6.98. The molecule has 0 spiro atoms. The maximum absolute atomic E-state index is 6.13. The third-order valence-electron chi connectivity index (χ3n) is 3.33. The van der Waals surface area contributed by atoms with Gasteiger partial charge in [-0.1, -0.05) is 32.4 Å². The summed E-state index contributed by atoms with van der Waals surface area (Å²) in [6.45, 7) is 9.50. The van der Waals surface area contributed by atoms with E-state index in [-0.39, 0.29) is 5.41 Å². The lowest BCUT2D eigenvalue weighted by atomic mass is 9.95. The summed E-state index contributed by atoms with van der Waals surface area (Å²) >= 11 is 7.98. The van der Waals surface area contributed by atoms with Crippen LogP contribution in [0.3, 0.4) is 0 Å². The Kier molecular flexibility index (Phi) is 4.84. The second kappa shape index (κ2) is 6.29. The number of rotatable bonds is 4. The molecule has 0 saturated carbocycles. The molecule has 0 radical (unpaired) electrons. The summed E-state index contributed by atoms with van der Waals surface area (Å²) in [5.41, 5.74) is 2.23. The Labute approximate surface area is 136 Å². The average Bonchev–Trinajstić information content (AvgIpc) is 2.88. The van der Waals surface area contributed by atoms with E-state index in [9.17, 15) is 0 Å². The summed E-state index contributed by atoms with van der Waals surface area (Å²) in [5.74, 6) is 0.776. The van der Waals surface area contributed by atoms with E-state index in [1.54, 1.807) is 7.11 Å². The number of thiophene rings is 1. The molecule has 0 aliphatic heterocycles. The van der Waals surface area contributed by atoms with Crippen molar-refractivity contribution >= 4 is 28.6 Å². The Morgan fingerprint density at radius 2 is 1.95 bits per heavy atom. The molecule has 0 atom stereocenters. The Morgan fingerprint density at radius 1 is 1.24 bits per heavy atom. The van der Waals surface area contributed by atoms with E-state index in [0.29, 0.717) is 0 Å². The zero-order chi connectivity index (χ0) is 15.6. The molecule has 0 amide bonds. The highest BCUT2D eigenvalue weighted by Crippen LogP contribution is 2.33. The maximum Gasteiger partial charge on any atom is 0.143 e. The molecule has 114 valence electrons. The van der Waals surface area contributed by atoms with Crippen LogP contribution in [0.15, 0.2) is 24.3 Å². The normalized spacial score (nSPS) is 11.5. The quantitative estimate of drug-likeness (QED) is 0.787. The first kappa shape index (κ1) is 16.2. The molecule has 0 unspecified atom stereocenters. The van der Waals surface area contributed by atoms with Crippen molar-refractivity contribution < 1.29 is 4.74 Å². The van der Waals surface area contributed by atoms with Gasteiger partial charge in [-0.15, -0.1) is 11.3 Å². The summed E-state index contributed by atoms with van der Waals surface area (Å²) in [6.07, 6.45) is 0. The van der Waals surface area contributed by atoms with Gasteiger partial charge in [0.25, 0.3) is 0 Å². The highest BCUT2D eigenvalue weighted by molar-refractivity contribution is 7.12. The van der Waals surface area contributed by atoms with E-state index < -0.39 is 0 Å². The standard InChI is InChI=1S/C17H22ClNOS/c1-11-8-14(15(20-5)9-13(11)18)19-10-12-6-7-16(21-12)17(2,3)4/h6-9,19H,10H2,1-5H3. The van der Waals surface area contributed by atoms with Crippen molar-refractivity contribution in [3.63, 3.8) is 0 Å². The molecule has 2 rings (SSSR count). The minimum atomic E-state index is 0.206. The number of aryl methyl sites for hydroxylation is 1. The van der Waals surface area contributed by atoms with Gasteiger partial charge in [0, 0.05) is 27.4 Å². The number of hydrogen-bond acceptors (Lipinski definition) is 3. The first-order valence-corrected chi connectivity index (χ1v) is 8.18. The van der Waals surface area contributed by atoms with E-state index in [0.717, 1.165) is 28.6 Å². The topological polar surface area (TPSA) is 21.3 Å². The highest BCUT2D eigenvalue weighted by Gasteiger charge is 2.16. The lowest BCUT2D eigenvalue weighted by molar-refractivity contribution is 0.416. The van der Waals surface area contributed by atoms with Gasteiger partial charge in [-0.2, -0.15) is 0 Å². The molecular formula is C17H22ClNOS. The van der Waals surface area contributed by atoms with Crippen LogP contribution < -0.4 is 10.1 Å². The summed E-state index contributed by atoms with van der Waals surface area (Å²) in [4.78, 5) is 2.72. The van der Waals surface area contributed by atoms with E-state index in [1.807, 2.05) is 30.4 Å². The molecule has 2 aromatic rings. The van der Waals surface area contributed by atoms with Gasteiger partial charge in [-0.05, 0) is 36.1 Å². The minimum absolute atomic E-state index is 0.206. The number of methoxy groups -OCH3 is 1. The maximum atomic E-state index is 6.13. The lowest BCUT2D eigenvalue weighted by Crippen LogP contribution is -2.07. The predicted octanol–water partition coefficient (Wildman–Crippen LogP) is 5.63. The van der Waals surface area contributed by atoms with Gasteiger partial charge in [-0.3, -0.25) is 0 Å². The molecule has 1 heterocycles. The van der Waals surface area contributed by atoms with Crippen LogP contribution in [0.25, 0.3) is 0 Å². The van der Waals surface area contributed by atoms with E-state index in [4.69, 9.17) is 16.3 Å². The fraction of sp³-hybridized carbons (Fsp3) is 0.412. The average molecular weight is 324 g/mol. The lowest BCUT2D eigenvalue weighted by Gasteiger charge is -2.15. The summed E-state index contributed by atoms with van der Waals surface area (Å²) < 4.78 is 5.39. The monoisotopic (exact) mass is 323 g/mol. The first-order chi connectivity index (χ1) is 9.81. The van der Waals surface area contributed by atoms with Gasteiger partial charge in [0.05, 0.1) is 12.8 Å². The fourth-order valence-corrected chi connectivity index (χ4v) is 3.19. The van der Waals surface area contributed by atoms with Crippen LogP contribution in [0.1, 0.15) is 36.1 Å². The molecule has 0 saturated heterocycles. The van der Waals surface area contributed by atoms with Gasteiger partial charge in [-0.25, -0.2) is 0 Å². The van der Waals surface area contributed by atoms with Gasteiger partial charge >= 0.3 is 0 Å². The molecule has 0 bridgehead atoms. The van der Waals surface area contributed by atoms with Crippen LogP contribution in [0.4, 0.5) is 5.69 Å². The zero-order valence-corrected chi connectivity index (χ0v) is 14.8. The van der Waals surface area contributed by atoms with Crippen molar-refractivity contribution in [1.29, 1.82) is 0 Å². The number of benzene rings is 1. The molecule has 0 aliphatic carbocycles. The van der Waals surface area contributed by atoms with Crippen molar-refractivity contribution in [1.82, 2.24) is 0 Å². The Balaban J connectivity index is 2.13.